The molecule has 0 N–H and O–H groups in total. The van der Waals surface area contributed by atoms with Gasteiger partial charge in [-0.1, -0.05) is 20.8 Å². The minimum Gasteiger partial charge on any atom is -0.299 e. The summed E-state index contributed by atoms with van der Waals surface area (Å²) in [6.07, 6.45) is 2.24. The van der Waals surface area contributed by atoms with Crippen LogP contribution in [0.4, 0.5) is 0 Å². The van der Waals surface area contributed by atoms with Crippen LogP contribution in [0.1, 0.15) is 33.6 Å². The van der Waals surface area contributed by atoms with Crippen LogP contribution in [-0.4, -0.2) is 5.78 Å². The lowest BCUT2D eigenvalue weighted by Crippen LogP contribution is -2.16. The highest BCUT2D eigenvalue weighted by atomic mass is 16.1. The van der Waals surface area contributed by atoms with Crippen molar-refractivity contribution in [2.24, 2.45) is 17.8 Å². The number of rotatable bonds is 1. The fourth-order valence-electron chi connectivity index (χ4n) is 1.74. The van der Waals surface area contributed by atoms with E-state index < -0.39 is 0 Å². The summed E-state index contributed by atoms with van der Waals surface area (Å²) >= 11 is 0. The molecule has 1 aliphatic rings. The quantitative estimate of drug-likeness (QED) is 0.546. The van der Waals surface area contributed by atoms with E-state index in [0.29, 0.717) is 23.5 Å². The smallest absolute Gasteiger partial charge is 0.139 e. The Morgan fingerprint density at radius 1 is 1.40 bits per heavy atom. The minimum atomic E-state index is 0.340. The van der Waals surface area contributed by atoms with Gasteiger partial charge < -0.3 is 0 Å². The first-order valence-corrected chi connectivity index (χ1v) is 4.16. The predicted molar refractivity (Wildman–Crippen MR) is 41.7 cm³/mol. The third-order valence-corrected chi connectivity index (χ3v) is 2.57. The maximum atomic E-state index is 11.3. The van der Waals surface area contributed by atoms with E-state index in [1.807, 2.05) is 6.92 Å². The molecule has 0 amide bonds. The molecule has 1 nitrogen and oxygen atoms in total. The summed E-state index contributed by atoms with van der Waals surface area (Å²) in [5.74, 6) is 1.76. The Morgan fingerprint density at radius 3 is 2.20 bits per heavy atom. The van der Waals surface area contributed by atoms with Gasteiger partial charge in [-0.05, 0) is 18.8 Å². The molecule has 0 aliphatic heterocycles. The van der Waals surface area contributed by atoms with E-state index in [9.17, 15) is 4.79 Å². The molecular weight excluding hydrogens is 124 g/mol. The molecule has 0 aromatic carbocycles. The van der Waals surface area contributed by atoms with Crippen LogP contribution in [-0.2, 0) is 4.79 Å². The molecule has 2 unspecified atom stereocenters. The summed E-state index contributed by atoms with van der Waals surface area (Å²) in [6.45, 7) is 6.33. The largest absolute Gasteiger partial charge is 0.299 e. The molecule has 1 aliphatic carbocycles. The van der Waals surface area contributed by atoms with Crippen molar-refractivity contribution in [3.05, 3.63) is 0 Å². The lowest BCUT2D eigenvalue weighted by atomic mass is 9.92. The van der Waals surface area contributed by atoms with E-state index in [1.54, 1.807) is 0 Å². The first-order valence-electron chi connectivity index (χ1n) is 4.16. The molecule has 0 saturated heterocycles. The van der Waals surface area contributed by atoms with Gasteiger partial charge in [-0.25, -0.2) is 0 Å². The summed E-state index contributed by atoms with van der Waals surface area (Å²) in [5, 5.41) is 0. The van der Waals surface area contributed by atoms with E-state index in [0.717, 1.165) is 12.8 Å². The van der Waals surface area contributed by atoms with E-state index >= 15 is 0 Å². The highest BCUT2D eigenvalue weighted by molar-refractivity contribution is 5.85. The van der Waals surface area contributed by atoms with Crippen LogP contribution in [0.25, 0.3) is 0 Å². The number of hydrogen-bond donors (Lipinski definition) is 0. The highest BCUT2D eigenvalue weighted by Crippen LogP contribution is 2.31. The van der Waals surface area contributed by atoms with Gasteiger partial charge in [0.2, 0.25) is 0 Å². The molecule has 0 bridgehead atoms. The van der Waals surface area contributed by atoms with Crippen LogP contribution < -0.4 is 0 Å². The van der Waals surface area contributed by atoms with Gasteiger partial charge in [-0.3, -0.25) is 4.79 Å². The summed E-state index contributed by atoms with van der Waals surface area (Å²) < 4.78 is 0. The average Bonchev–Trinajstić information content (AvgIpc) is 2.14. The van der Waals surface area contributed by atoms with Gasteiger partial charge in [0, 0.05) is 11.8 Å². The predicted octanol–water partition coefficient (Wildman–Crippen LogP) is 2.26. The third-order valence-electron chi connectivity index (χ3n) is 2.57. The Labute approximate surface area is 62.8 Å². The number of hydrogen-bond acceptors (Lipinski definition) is 1. The van der Waals surface area contributed by atoms with E-state index in [4.69, 9.17) is 0 Å². The molecule has 2 atom stereocenters. The monoisotopic (exact) mass is 140 g/mol. The summed E-state index contributed by atoms with van der Waals surface area (Å²) in [6, 6.07) is 0. The zero-order chi connectivity index (χ0) is 7.72. The van der Waals surface area contributed by atoms with Gasteiger partial charge in [0.1, 0.15) is 5.78 Å². The Balaban J connectivity index is 2.57. The van der Waals surface area contributed by atoms with E-state index in [1.165, 1.54) is 0 Å². The van der Waals surface area contributed by atoms with Gasteiger partial charge in [-0.15, -0.1) is 0 Å². The molecule has 0 aromatic heterocycles. The Bertz CT molecular complexity index is 138. The molecule has 1 saturated carbocycles. The van der Waals surface area contributed by atoms with E-state index in [-0.39, 0.29) is 0 Å². The first kappa shape index (κ1) is 7.77. The van der Waals surface area contributed by atoms with Crippen LogP contribution in [0.5, 0.6) is 0 Å². The van der Waals surface area contributed by atoms with Crippen molar-refractivity contribution in [1.29, 1.82) is 0 Å². The van der Waals surface area contributed by atoms with Crippen molar-refractivity contribution in [3.8, 4) is 0 Å². The lowest BCUT2D eigenvalue weighted by Gasteiger charge is -2.11. The number of carbonyl (C=O) groups is 1. The maximum absolute atomic E-state index is 11.3. The summed E-state index contributed by atoms with van der Waals surface area (Å²) in [4.78, 5) is 11.3. The fraction of sp³-hybridized carbons (Fsp3) is 0.889. The van der Waals surface area contributed by atoms with Crippen molar-refractivity contribution in [2.45, 2.75) is 33.6 Å². The zero-order valence-corrected chi connectivity index (χ0v) is 7.05. The van der Waals surface area contributed by atoms with Crippen LogP contribution in [0, 0.1) is 17.8 Å². The van der Waals surface area contributed by atoms with Crippen LogP contribution in [0.3, 0.4) is 0 Å². The summed E-state index contributed by atoms with van der Waals surface area (Å²) in [7, 11) is 0. The fourth-order valence-corrected chi connectivity index (χ4v) is 1.74. The first-order chi connectivity index (χ1) is 4.63. The van der Waals surface area contributed by atoms with Crippen molar-refractivity contribution >= 4 is 5.78 Å². The summed E-state index contributed by atoms with van der Waals surface area (Å²) in [5.41, 5.74) is 0. The molecule has 10 heavy (non-hydrogen) atoms. The SMILES string of the molecule is CC1CCC(C(C)C)C1=O. The van der Waals surface area contributed by atoms with Gasteiger partial charge in [-0.2, -0.15) is 0 Å². The molecule has 0 aromatic rings. The van der Waals surface area contributed by atoms with Crippen molar-refractivity contribution in [1.82, 2.24) is 0 Å². The van der Waals surface area contributed by atoms with Crippen molar-refractivity contribution in [2.75, 3.05) is 0 Å². The standard InChI is InChI=1S/C9H16O/c1-6(2)8-5-4-7(3)9(8)10/h6-8H,4-5H2,1-3H3. The zero-order valence-electron chi connectivity index (χ0n) is 7.05. The molecule has 1 rings (SSSR count). The normalized spacial score (nSPS) is 33.8. The number of carbonyl (C=O) groups excluding carboxylic acids is 1. The number of ketones is 1. The Morgan fingerprint density at radius 2 is 2.00 bits per heavy atom. The van der Waals surface area contributed by atoms with Crippen molar-refractivity contribution in [3.63, 3.8) is 0 Å². The molecule has 0 heterocycles. The minimum absolute atomic E-state index is 0.340. The Kier molecular flexibility index (Phi) is 2.12. The van der Waals surface area contributed by atoms with E-state index in [2.05, 4.69) is 13.8 Å². The lowest BCUT2D eigenvalue weighted by molar-refractivity contribution is -0.124. The second-order valence-corrected chi connectivity index (χ2v) is 3.73. The average molecular weight is 140 g/mol. The van der Waals surface area contributed by atoms with Crippen LogP contribution >= 0.6 is 0 Å². The molecule has 0 spiro atoms. The van der Waals surface area contributed by atoms with Crippen molar-refractivity contribution < 1.29 is 4.79 Å². The molecule has 1 heteroatoms. The third kappa shape index (κ3) is 1.23. The van der Waals surface area contributed by atoms with Gasteiger partial charge in [0.15, 0.2) is 0 Å². The van der Waals surface area contributed by atoms with Gasteiger partial charge in [0.05, 0.1) is 0 Å². The van der Waals surface area contributed by atoms with Gasteiger partial charge >= 0.3 is 0 Å². The highest BCUT2D eigenvalue weighted by Gasteiger charge is 2.32. The Hall–Kier alpha value is -0.330. The van der Waals surface area contributed by atoms with Crippen LogP contribution in [0.2, 0.25) is 0 Å². The van der Waals surface area contributed by atoms with Crippen LogP contribution in [0.15, 0.2) is 0 Å². The maximum Gasteiger partial charge on any atom is 0.139 e. The second kappa shape index (κ2) is 2.73. The second-order valence-electron chi connectivity index (χ2n) is 3.73. The molecule has 58 valence electrons. The molecule has 0 radical (unpaired) electrons. The number of Topliss-reactive ketones (excluding diaryl/α,β-unsaturated/α-hetero) is 1. The van der Waals surface area contributed by atoms with Gasteiger partial charge in [0.25, 0.3) is 0 Å². The molecular formula is C9H16O. The topological polar surface area (TPSA) is 17.1 Å². The molecule has 1 fully saturated rings.